The molecule has 0 amide bonds. The molecule has 0 fully saturated rings. The lowest BCUT2D eigenvalue weighted by molar-refractivity contribution is 0.340. The summed E-state index contributed by atoms with van der Waals surface area (Å²) in [5.41, 5.74) is 1.36. The third-order valence-corrected chi connectivity index (χ3v) is 4.54. The lowest BCUT2D eigenvalue weighted by Crippen LogP contribution is -2.07. The van der Waals surface area contributed by atoms with Crippen molar-refractivity contribution in [1.29, 1.82) is 0 Å². The van der Waals surface area contributed by atoms with E-state index in [0.717, 1.165) is 18.0 Å². The topological polar surface area (TPSA) is 21.3 Å². The number of anilines is 1. The van der Waals surface area contributed by atoms with E-state index in [1.807, 2.05) is 30.4 Å². The van der Waals surface area contributed by atoms with Gasteiger partial charge in [0.05, 0.1) is 6.61 Å². The minimum absolute atomic E-state index is 0.238. The quantitative estimate of drug-likeness (QED) is 0.831. The van der Waals surface area contributed by atoms with Gasteiger partial charge in [-0.2, -0.15) is 0 Å². The van der Waals surface area contributed by atoms with Gasteiger partial charge in [-0.3, -0.25) is 0 Å². The summed E-state index contributed by atoms with van der Waals surface area (Å²) in [7, 11) is 0. The molecule has 0 saturated heterocycles. The zero-order valence-electron chi connectivity index (χ0n) is 12.7. The van der Waals surface area contributed by atoms with Gasteiger partial charge in [0.2, 0.25) is 0 Å². The second-order valence-electron chi connectivity index (χ2n) is 5.83. The highest BCUT2D eigenvalue weighted by Gasteiger charge is 2.15. The summed E-state index contributed by atoms with van der Waals surface area (Å²) in [6.45, 7) is 10.3. The lowest BCUT2D eigenvalue weighted by atomic mass is 9.95. The maximum atomic E-state index is 5.44. The van der Waals surface area contributed by atoms with Gasteiger partial charge in [0.25, 0.3) is 0 Å². The summed E-state index contributed by atoms with van der Waals surface area (Å²) < 4.78 is 5.44. The molecule has 2 nitrogen and oxygen atoms in total. The first-order valence-electron chi connectivity index (χ1n) is 7.05. The Morgan fingerprint density at radius 1 is 1.05 bits per heavy atom. The fourth-order valence-corrected chi connectivity index (χ4v) is 2.91. The number of thiophene rings is 1. The number of nitrogens with one attached hydrogen (secondary N) is 1. The Bertz CT molecular complexity index is 537. The van der Waals surface area contributed by atoms with Crippen LogP contribution < -0.4 is 10.1 Å². The van der Waals surface area contributed by atoms with E-state index < -0.39 is 0 Å². The van der Waals surface area contributed by atoms with E-state index in [0.29, 0.717) is 6.61 Å². The fraction of sp³-hybridized carbons (Fsp3) is 0.412. The van der Waals surface area contributed by atoms with Crippen LogP contribution in [0.1, 0.15) is 37.4 Å². The van der Waals surface area contributed by atoms with Crippen LogP contribution >= 0.6 is 11.3 Å². The first kappa shape index (κ1) is 14.9. The Hall–Kier alpha value is -1.48. The number of hydrogen-bond acceptors (Lipinski definition) is 3. The van der Waals surface area contributed by atoms with Crippen LogP contribution in [0.25, 0.3) is 0 Å². The third kappa shape index (κ3) is 4.01. The van der Waals surface area contributed by atoms with Gasteiger partial charge in [-0.05, 0) is 48.7 Å². The van der Waals surface area contributed by atoms with Gasteiger partial charge in [-0.15, -0.1) is 11.3 Å². The van der Waals surface area contributed by atoms with E-state index in [-0.39, 0.29) is 5.41 Å². The molecular formula is C17H23NOS. The minimum Gasteiger partial charge on any atom is -0.494 e. The predicted octanol–water partition coefficient (Wildman–Crippen LogP) is 5.06. The van der Waals surface area contributed by atoms with E-state index >= 15 is 0 Å². The molecule has 1 N–H and O–H groups in total. The second kappa shape index (κ2) is 6.31. The minimum atomic E-state index is 0.238. The van der Waals surface area contributed by atoms with Gasteiger partial charge in [0, 0.05) is 22.0 Å². The standard InChI is InChI=1S/C17H23NOS/c1-5-19-14-8-6-13(7-9-14)18-12-15-10-11-16(20-15)17(2,3)4/h6-11,18H,5,12H2,1-4H3. The summed E-state index contributed by atoms with van der Waals surface area (Å²) in [5, 5.41) is 3.45. The van der Waals surface area contributed by atoms with Gasteiger partial charge >= 0.3 is 0 Å². The largest absolute Gasteiger partial charge is 0.494 e. The van der Waals surface area contributed by atoms with Crippen LogP contribution in [0, 0.1) is 0 Å². The molecule has 108 valence electrons. The van der Waals surface area contributed by atoms with Crippen LogP contribution in [0.4, 0.5) is 5.69 Å². The van der Waals surface area contributed by atoms with Crippen LogP contribution in [0.5, 0.6) is 5.75 Å². The molecule has 0 aliphatic rings. The van der Waals surface area contributed by atoms with Crippen molar-refractivity contribution in [2.45, 2.75) is 39.7 Å². The van der Waals surface area contributed by atoms with Gasteiger partial charge in [0.1, 0.15) is 5.75 Å². The van der Waals surface area contributed by atoms with Crippen molar-refractivity contribution in [1.82, 2.24) is 0 Å². The van der Waals surface area contributed by atoms with Crippen LogP contribution in [0.3, 0.4) is 0 Å². The Balaban J connectivity index is 1.93. The number of rotatable bonds is 5. The van der Waals surface area contributed by atoms with E-state index in [2.05, 4.69) is 50.4 Å². The summed E-state index contributed by atoms with van der Waals surface area (Å²) in [6, 6.07) is 12.6. The van der Waals surface area contributed by atoms with Crippen molar-refractivity contribution in [3.8, 4) is 5.75 Å². The highest BCUT2D eigenvalue weighted by Crippen LogP contribution is 2.29. The Kier molecular flexibility index (Phi) is 4.71. The van der Waals surface area contributed by atoms with Crippen LogP contribution in [-0.4, -0.2) is 6.61 Å². The van der Waals surface area contributed by atoms with Gasteiger partial charge < -0.3 is 10.1 Å². The zero-order valence-corrected chi connectivity index (χ0v) is 13.5. The van der Waals surface area contributed by atoms with Crippen molar-refractivity contribution in [2.75, 3.05) is 11.9 Å². The number of ether oxygens (including phenoxy) is 1. The van der Waals surface area contributed by atoms with Crippen molar-refractivity contribution < 1.29 is 4.74 Å². The molecule has 0 spiro atoms. The molecule has 2 aromatic rings. The number of hydrogen-bond donors (Lipinski definition) is 1. The van der Waals surface area contributed by atoms with Gasteiger partial charge in [0.15, 0.2) is 0 Å². The van der Waals surface area contributed by atoms with Gasteiger partial charge in [-0.1, -0.05) is 20.8 Å². The fourth-order valence-electron chi connectivity index (χ4n) is 1.90. The van der Waals surface area contributed by atoms with Gasteiger partial charge in [-0.25, -0.2) is 0 Å². The zero-order chi connectivity index (χ0) is 14.6. The smallest absolute Gasteiger partial charge is 0.119 e. The lowest BCUT2D eigenvalue weighted by Gasteiger charge is -2.15. The molecule has 3 heteroatoms. The SMILES string of the molecule is CCOc1ccc(NCc2ccc(C(C)(C)C)s2)cc1. The maximum absolute atomic E-state index is 5.44. The average Bonchev–Trinajstić information content (AvgIpc) is 2.87. The number of benzene rings is 1. The molecule has 1 aromatic heterocycles. The average molecular weight is 289 g/mol. The van der Waals surface area contributed by atoms with E-state index in [1.54, 1.807) is 0 Å². The molecule has 0 unspecified atom stereocenters. The van der Waals surface area contributed by atoms with E-state index in [1.165, 1.54) is 9.75 Å². The summed E-state index contributed by atoms with van der Waals surface area (Å²) >= 11 is 1.88. The first-order chi connectivity index (χ1) is 9.49. The molecule has 0 radical (unpaired) electrons. The van der Waals surface area contributed by atoms with Crippen molar-refractivity contribution in [2.24, 2.45) is 0 Å². The Morgan fingerprint density at radius 2 is 1.75 bits per heavy atom. The molecule has 1 heterocycles. The van der Waals surface area contributed by atoms with Crippen molar-refractivity contribution in [3.05, 3.63) is 46.2 Å². The maximum Gasteiger partial charge on any atom is 0.119 e. The van der Waals surface area contributed by atoms with E-state index in [9.17, 15) is 0 Å². The highest BCUT2D eigenvalue weighted by atomic mass is 32.1. The molecule has 0 aliphatic carbocycles. The summed E-state index contributed by atoms with van der Waals surface area (Å²) in [5.74, 6) is 0.921. The third-order valence-electron chi connectivity index (χ3n) is 3.03. The molecule has 20 heavy (non-hydrogen) atoms. The summed E-state index contributed by atoms with van der Waals surface area (Å²) in [6.07, 6.45) is 0. The molecule has 0 bridgehead atoms. The van der Waals surface area contributed by atoms with Crippen molar-refractivity contribution in [3.63, 3.8) is 0 Å². The first-order valence-corrected chi connectivity index (χ1v) is 7.86. The predicted molar refractivity (Wildman–Crippen MR) is 88.0 cm³/mol. The normalized spacial score (nSPS) is 11.4. The summed E-state index contributed by atoms with van der Waals surface area (Å²) in [4.78, 5) is 2.80. The Morgan fingerprint density at radius 3 is 2.30 bits per heavy atom. The molecule has 2 rings (SSSR count). The van der Waals surface area contributed by atoms with Crippen LogP contribution in [-0.2, 0) is 12.0 Å². The second-order valence-corrected chi connectivity index (χ2v) is 7.00. The monoisotopic (exact) mass is 289 g/mol. The molecule has 1 aromatic carbocycles. The van der Waals surface area contributed by atoms with Crippen LogP contribution in [0.15, 0.2) is 36.4 Å². The Labute approximate surface area is 125 Å². The van der Waals surface area contributed by atoms with Crippen LogP contribution in [0.2, 0.25) is 0 Å². The molecular weight excluding hydrogens is 266 g/mol. The molecule has 0 aliphatic heterocycles. The van der Waals surface area contributed by atoms with Crippen molar-refractivity contribution >= 4 is 17.0 Å². The van der Waals surface area contributed by atoms with E-state index in [4.69, 9.17) is 4.74 Å². The molecule has 0 atom stereocenters. The highest BCUT2D eigenvalue weighted by molar-refractivity contribution is 7.12. The molecule has 0 saturated carbocycles.